The minimum atomic E-state index is 0.0394. The number of carbonyl (C=O) groups excluding carboxylic acids is 1. The fourth-order valence-electron chi connectivity index (χ4n) is 0.832. The molecule has 0 fully saturated rings. The van der Waals surface area contributed by atoms with Gasteiger partial charge in [-0.2, -0.15) is 0 Å². The molecule has 3 heteroatoms. The molecule has 0 saturated heterocycles. The molecule has 92 valence electrons. The molecule has 1 aromatic carbocycles. The van der Waals surface area contributed by atoms with Crippen molar-refractivity contribution in [3.8, 4) is 0 Å². The van der Waals surface area contributed by atoms with Crippen LogP contribution < -0.4 is 5.32 Å². The van der Waals surface area contributed by atoms with Gasteiger partial charge < -0.3 is 10.4 Å². The molecule has 0 unspecified atom stereocenters. The largest absolute Gasteiger partial charge is 0.392 e. The number of carbonyl (C=O) groups is 1. The lowest BCUT2D eigenvalue weighted by Gasteiger charge is -1.89. The SMILES string of the molecule is CC.CCNC(C)=O.OCc1ccccc1. The molecule has 0 aliphatic heterocycles. The van der Waals surface area contributed by atoms with Crippen molar-refractivity contribution >= 4 is 5.91 Å². The molecule has 16 heavy (non-hydrogen) atoms. The third kappa shape index (κ3) is 12.7. The maximum atomic E-state index is 9.93. The summed E-state index contributed by atoms with van der Waals surface area (Å²) in [5.74, 6) is 0.0394. The van der Waals surface area contributed by atoms with E-state index in [4.69, 9.17) is 5.11 Å². The van der Waals surface area contributed by atoms with Crippen LogP contribution in [0.15, 0.2) is 30.3 Å². The van der Waals surface area contributed by atoms with E-state index in [2.05, 4.69) is 5.32 Å². The van der Waals surface area contributed by atoms with Gasteiger partial charge >= 0.3 is 0 Å². The molecule has 0 bridgehead atoms. The Morgan fingerprint density at radius 3 is 1.94 bits per heavy atom. The summed E-state index contributed by atoms with van der Waals surface area (Å²) in [5.41, 5.74) is 0.965. The van der Waals surface area contributed by atoms with Gasteiger partial charge in [0.15, 0.2) is 0 Å². The van der Waals surface area contributed by atoms with Gasteiger partial charge in [0.1, 0.15) is 0 Å². The Morgan fingerprint density at radius 1 is 1.25 bits per heavy atom. The van der Waals surface area contributed by atoms with Crippen LogP contribution in [0.4, 0.5) is 0 Å². The lowest BCUT2D eigenvalue weighted by atomic mass is 10.2. The second kappa shape index (κ2) is 13.7. The van der Waals surface area contributed by atoms with E-state index in [0.29, 0.717) is 0 Å². The second-order valence-corrected chi connectivity index (χ2v) is 2.73. The molecular weight excluding hydrogens is 202 g/mol. The standard InChI is InChI=1S/C7H8O.C4H9NO.C2H6/c8-6-7-4-2-1-3-5-7;1-3-5-4(2)6;1-2/h1-5,8H,6H2;3H2,1-2H3,(H,5,6);1-2H3. The summed E-state index contributed by atoms with van der Waals surface area (Å²) < 4.78 is 0. The van der Waals surface area contributed by atoms with Gasteiger partial charge in [0.25, 0.3) is 0 Å². The fraction of sp³-hybridized carbons (Fsp3) is 0.462. The smallest absolute Gasteiger partial charge is 0.216 e. The number of nitrogens with one attached hydrogen (secondary N) is 1. The van der Waals surface area contributed by atoms with E-state index in [-0.39, 0.29) is 12.5 Å². The summed E-state index contributed by atoms with van der Waals surface area (Å²) >= 11 is 0. The first-order valence-electron chi connectivity index (χ1n) is 5.60. The van der Waals surface area contributed by atoms with E-state index < -0.39 is 0 Å². The second-order valence-electron chi connectivity index (χ2n) is 2.73. The molecule has 1 amide bonds. The zero-order chi connectivity index (χ0) is 12.8. The Balaban J connectivity index is 0. The van der Waals surface area contributed by atoms with Crippen LogP contribution in [0.5, 0.6) is 0 Å². The summed E-state index contributed by atoms with van der Waals surface area (Å²) in [6.45, 7) is 8.26. The van der Waals surface area contributed by atoms with E-state index in [1.807, 2.05) is 51.1 Å². The van der Waals surface area contributed by atoms with Crippen molar-refractivity contribution in [1.82, 2.24) is 5.32 Å². The summed E-state index contributed by atoms with van der Waals surface area (Å²) in [6, 6.07) is 9.52. The molecule has 0 atom stereocenters. The molecule has 0 saturated carbocycles. The third-order valence-electron chi connectivity index (χ3n) is 1.45. The lowest BCUT2D eigenvalue weighted by Crippen LogP contribution is -2.18. The van der Waals surface area contributed by atoms with Crippen LogP contribution in [0, 0.1) is 0 Å². The minimum Gasteiger partial charge on any atom is -0.392 e. The Kier molecular flexibility index (Phi) is 14.6. The van der Waals surface area contributed by atoms with Crippen molar-refractivity contribution in [2.75, 3.05) is 6.54 Å². The quantitative estimate of drug-likeness (QED) is 0.811. The highest BCUT2D eigenvalue weighted by atomic mass is 16.3. The zero-order valence-corrected chi connectivity index (χ0v) is 10.7. The van der Waals surface area contributed by atoms with E-state index in [1.54, 1.807) is 0 Å². The highest BCUT2D eigenvalue weighted by molar-refractivity contribution is 5.72. The Morgan fingerprint density at radius 2 is 1.75 bits per heavy atom. The fourth-order valence-corrected chi connectivity index (χ4v) is 0.832. The molecule has 0 heterocycles. The van der Waals surface area contributed by atoms with Gasteiger partial charge in [0.2, 0.25) is 5.91 Å². The van der Waals surface area contributed by atoms with Gasteiger partial charge in [-0.05, 0) is 12.5 Å². The molecular formula is C13H23NO2. The maximum absolute atomic E-state index is 9.93. The number of rotatable bonds is 2. The van der Waals surface area contributed by atoms with Crippen molar-refractivity contribution in [2.45, 2.75) is 34.3 Å². The van der Waals surface area contributed by atoms with Crippen LogP contribution in [0.1, 0.15) is 33.3 Å². The molecule has 1 aromatic rings. The lowest BCUT2D eigenvalue weighted by molar-refractivity contribution is -0.118. The number of aliphatic hydroxyl groups excluding tert-OH is 1. The molecule has 0 aromatic heterocycles. The van der Waals surface area contributed by atoms with Gasteiger partial charge in [0, 0.05) is 13.5 Å². The Bertz CT molecular complexity index is 247. The number of hydrogen-bond acceptors (Lipinski definition) is 2. The van der Waals surface area contributed by atoms with Crippen molar-refractivity contribution in [3.05, 3.63) is 35.9 Å². The van der Waals surface area contributed by atoms with Crippen molar-refractivity contribution in [1.29, 1.82) is 0 Å². The highest BCUT2D eigenvalue weighted by Gasteiger charge is 1.81. The van der Waals surface area contributed by atoms with Crippen LogP contribution in [-0.2, 0) is 11.4 Å². The summed E-state index contributed by atoms with van der Waals surface area (Å²) in [4.78, 5) is 9.93. The first kappa shape index (κ1) is 17.1. The van der Waals surface area contributed by atoms with Gasteiger partial charge in [-0.1, -0.05) is 44.2 Å². The summed E-state index contributed by atoms with van der Waals surface area (Å²) in [5, 5.41) is 11.1. The van der Waals surface area contributed by atoms with Crippen LogP contribution in [0.3, 0.4) is 0 Å². The topological polar surface area (TPSA) is 49.3 Å². The van der Waals surface area contributed by atoms with Gasteiger partial charge in [0.05, 0.1) is 6.61 Å². The average Bonchev–Trinajstić information content (AvgIpc) is 2.33. The van der Waals surface area contributed by atoms with Crippen LogP contribution in [0.2, 0.25) is 0 Å². The monoisotopic (exact) mass is 225 g/mol. The normalized spacial score (nSPS) is 7.81. The first-order chi connectivity index (χ1) is 7.70. The van der Waals surface area contributed by atoms with E-state index in [9.17, 15) is 4.79 Å². The van der Waals surface area contributed by atoms with Crippen molar-refractivity contribution in [2.24, 2.45) is 0 Å². The molecule has 2 N–H and O–H groups in total. The summed E-state index contributed by atoms with van der Waals surface area (Å²) in [7, 11) is 0. The number of aliphatic hydroxyl groups is 1. The zero-order valence-electron chi connectivity index (χ0n) is 10.7. The molecule has 0 spiro atoms. The van der Waals surface area contributed by atoms with Crippen molar-refractivity contribution in [3.63, 3.8) is 0 Å². The number of benzene rings is 1. The molecule has 0 radical (unpaired) electrons. The van der Waals surface area contributed by atoms with Crippen LogP contribution in [-0.4, -0.2) is 17.6 Å². The van der Waals surface area contributed by atoms with Crippen molar-refractivity contribution < 1.29 is 9.90 Å². The highest BCUT2D eigenvalue weighted by Crippen LogP contribution is 1.95. The average molecular weight is 225 g/mol. The number of hydrogen-bond donors (Lipinski definition) is 2. The Hall–Kier alpha value is -1.35. The predicted octanol–water partition coefficient (Wildman–Crippen LogP) is 2.35. The van der Waals surface area contributed by atoms with E-state index in [1.165, 1.54) is 6.92 Å². The first-order valence-corrected chi connectivity index (χ1v) is 5.60. The Labute approximate surface area is 98.5 Å². The minimum absolute atomic E-state index is 0.0394. The van der Waals surface area contributed by atoms with Gasteiger partial charge in [-0.15, -0.1) is 0 Å². The van der Waals surface area contributed by atoms with Gasteiger partial charge in [-0.25, -0.2) is 0 Å². The number of amides is 1. The van der Waals surface area contributed by atoms with E-state index >= 15 is 0 Å². The van der Waals surface area contributed by atoms with Crippen LogP contribution >= 0.6 is 0 Å². The predicted molar refractivity (Wildman–Crippen MR) is 68.1 cm³/mol. The molecule has 0 aliphatic carbocycles. The maximum Gasteiger partial charge on any atom is 0.216 e. The van der Waals surface area contributed by atoms with E-state index in [0.717, 1.165) is 12.1 Å². The molecule has 3 nitrogen and oxygen atoms in total. The van der Waals surface area contributed by atoms with Crippen LogP contribution in [0.25, 0.3) is 0 Å². The summed E-state index contributed by atoms with van der Waals surface area (Å²) in [6.07, 6.45) is 0. The third-order valence-corrected chi connectivity index (χ3v) is 1.45. The molecule has 0 aliphatic rings. The molecule has 1 rings (SSSR count). The van der Waals surface area contributed by atoms with Gasteiger partial charge in [-0.3, -0.25) is 4.79 Å².